The molecule has 0 bridgehead atoms. The molecule has 1 aromatic heterocycles. The van der Waals surface area contributed by atoms with Crippen LogP contribution in [0.15, 0.2) is 48.8 Å². The van der Waals surface area contributed by atoms with E-state index in [0.29, 0.717) is 49.8 Å². The monoisotopic (exact) mass is 409 g/mol. The average molecular weight is 409 g/mol. The maximum Gasteiger partial charge on any atom is 0.292 e. The van der Waals surface area contributed by atoms with Gasteiger partial charge in [0.05, 0.1) is 50.5 Å². The van der Waals surface area contributed by atoms with Crippen molar-refractivity contribution in [3.63, 3.8) is 0 Å². The summed E-state index contributed by atoms with van der Waals surface area (Å²) in [5, 5.41) is 0. The van der Waals surface area contributed by atoms with Crippen molar-refractivity contribution in [1.29, 1.82) is 0 Å². The quantitative estimate of drug-likeness (QED) is 0.711. The van der Waals surface area contributed by atoms with Gasteiger partial charge in [-0.25, -0.2) is 4.90 Å². The van der Waals surface area contributed by atoms with Crippen LogP contribution in [0, 0.1) is 0 Å². The molecule has 156 valence electrons. The maximum atomic E-state index is 13.0. The number of nitrogens with zero attached hydrogens (tertiary/aromatic N) is 3. The molecule has 3 heterocycles. The zero-order valence-electron chi connectivity index (χ0n) is 16.9. The number of anilines is 1. The fourth-order valence-electron chi connectivity index (χ4n) is 4.10. The Morgan fingerprint density at radius 1 is 1.17 bits per heavy atom. The fourth-order valence-corrected chi connectivity index (χ4v) is 4.10. The Bertz CT molecular complexity index is 924. The van der Waals surface area contributed by atoms with Gasteiger partial charge in [0.15, 0.2) is 6.04 Å². The number of quaternary nitrogens is 1. The molecule has 0 aliphatic carbocycles. The number of pyridine rings is 1. The molecule has 0 radical (unpaired) electrons. The summed E-state index contributed by atoms with van der Waals surface area (Å²) < 4.78 is 5.43. The molecule has 0 unspecified atom stereocenters. The first-order valence-electron chi connectivity index (χ1n) is 10.2. The molecule has 2 aromatic rings. The highest BCUT2D eigenvalue weighted by atomic mass is 16.5. The van der Waals surface area contributed by atoms with E-state index in [1.807, 2.05) is 6.92 Å². The summed E-state index contributed by atoms with van der Waals surface area (Å²) >= 11 is 0. The molecule has 2 aliphatic rings. The molecule has 8 nitrogen and oxygen atoms in total. The lowest BCUT2D eigenvalue weighted by molar-refractivity contribution is -0.918. The summed E-state index contributed by atoms with van der Waals surface area (Å²) in [5.41, 5.74) is 1.13. The number of aromatic nitrogens is 1. The van der Waals surface area contributed by atoms with Crippen LogP contribution in [0.1, 0.15) is 23.7 Å². The lowest BCUT2D eigenvalue weighted by atomic mass is 10.1. The summed E-state index contributed by atoms with van der Waals surface area (Å²) in [6, 6.07) is 10.1. The van der Waals surface area contributed by atoms with Crippen molar-refractivity contribution in [2.75, 3.05) is 37.7 Å². The molecule has 0 spiro atoms. The van der Waals surface area contributed by atoms with E-state index >= 15 is 0 Å². The Balaban J connectivity index is 1.39. The van der Waals surface area contributed by atoms with Crippen LogP contribution in [0.2, 0.25) is 0 Å². The molecule has 1 N–H and O–H groups in total. The Hall–Kier alpha value is -3.26. The summed E-state index contributed by atoms with van der Waals surface area (Å²) in [7, 11) is 0. The molecule has 3 amide bonds. The number of amides is 3. The summed E-state index contributed by atoms with van der Waals surface area (Å²) in [4.78, 5) is 46.3. The van der Waals surface area contributed by atoms with Crippen LogP contribution in [0.5, 0.6) is 5.75 Å². The third-order valence-corrected chi connectivity index (χ3v) is 5.65. The first-order valence-corrected chi connectivity index (χ1v) is 10.2. The van der Waals surface area contributed by atoms with Crippen LogP contribution in [0.25, 0.3) is 0 Å². The lowest BCUT2D eigenvalue weighted by Crippen LogP contribution is -3.19. The van der Waals surface area contributed by atoms with E-state index in [9.17, 15) is 14.4 Å². The van der Waals surface area contributed by atoms with Crippen molar-refractivity contribution >= 4 is 23.4 Å². The van der Waals surface area contributed by atoms with Crippen molar-refractivity contribution in [3.8, 4) is 5.75 Å². The summed E-state index contributed by atoms with van der Waals surface area (Å²) in [6.07, 6.45) is 3.39. The number of hydrogen-bond acceptors (Lipinski definition) is 5. The number of hydrogen-bond donors (Lipinski definition) is 1. The molecule has 2 aliphatic heterocycles. The van der Waals surface area contributed by atoms with Gasteiger partial charge in [-0.3, -0.25) is 19.4 Å². The molecule has 4 rings (SSSR count). The molecular formula is C22H25N4O4+. The Labute approximate surface area is 175 Å². The molecule has 1 atom stereocenters. The summed E-state index contributed by atoms with van der Waals surface area (Å²) in [5.74, 6) is 0.297. The molecule has 2 fully saturated rings. The lowest BCUT2D eigenvalue weighted by Gasteiger charge is -2.34. The molecule has 30 heavy (non-hydrogen) atoms. The van der Waals surface area contributed by atoms with Gasteiger partial charge in [-0.2, -0.15) is 0 Å². The highest BCUT2D eigenvalue weighted by molar-refractivity contribution is 6.21. The molecule has 8 heteroatoms. The number of carbonyl (C=O) groups excluding carboxylic acids is 3. The van der Waals surface area contributed by atoms with E-state index in [-0.39, 0.29) is 24.1 Å². The Morgan fingerprint density at radius 3 is 2.53 bits per heavy atom. The van der Waals surface area contributed by atoms with Gasteiger partial charge in [-0.15, -0.1) is 0 Å². The topological polar surface area (TPSA) is 84.2 Å². The fraction of sp³-hybridized carbons (Fsp3) is 0.364. The molecule has 2 saturated heterocycles. The van der Waals surface area contributed by atoms with Crippen molar-refractivity contribution in [2.45, 2.75) is 19.4 Å². The van der Waals surface area contributed by atoms with E-state index in [4.69, 9.17) is 4.74 Å². The van der Waals surface area contributed by atoms with Gasteiger partial charge in [-0.05, 0) is 43.3 Å². The van der Waals surface area contributed by atoms with E-state index in [2.05, 4.69) is 4.98 Å². The minimum atomic E-state index is -0.403. The summed E-state index contributed by atoms with van der Waals surface area (Å²) in [6.45, 7) is 4.81. The standard InChI is InChI=1S/C22H24N4O4/c1-2-30-18-7-5-17(6-8-18)26-20(27)14-19(22(26)29)24-10-12-25(13-11-24)21(28)16-4-3-9-23-15-16/h3-9,15,19H,2,10-14H2,1H3/p+1/t19-/m0/s1. The molecule has 0 saturated carbocycles. The number of benzene rings is 1. The van der Waals surface area contributed by atoms with Gasteiger partial charge in [0, 0.05) is 12.4 Å². The zero-order chi connectivity index (χ0) is 21.1. The maximum absolute atomic E-state index is 13.0. The predicted octanol–water partition coefficient (Wildman–Crippen LogP) is 0.153. The minimum Gasteiger partial charge on any atom is -0.494 e. The van der Waals surface area contributed by atoms with Crippen LogP contribution in [0.3, 0.4) is 0 Å². The van der Waals surface area contributed by atoms with Gasteiger partial charge in [0.25, 0.3) is 11.8 Å². The van der Waals surface area contributed by atoms with Crippen LogP contribution in [-0.2, 0) is 9.59 Å². The van der Waals surface area contributed by atoms with Gasteiger partial charge >= 0.3 is 0 Å². The number of ether oxygens (including phenoxy) is 1. The van der Waals surface area contributed by atoms with E-state index in [0.717, 1.165) is 4.90 Å². The van der Waals surface area contributed by atoms with Crippen LogP contribution < -0.4 is 14.5 Å². The van der Waals surface area contributed by atoms with Crippen molar-refractivity contribution in [2.24, 2.45) is 0 Å². The van der Waals surface area contributed by atoms with Crippen molar-refractivity contribution in [3.05, 3.63) is 54.4 Å². The molecular weight excluding hydrogens is 384 g/mol. The van der Waals surface area contributed by atoms with Gasteiger partial charge in [0.2, 0.25) is 5.91 Å². The number of piperazine rings is 1. The number of imide groups is 1. The molecule has 1 aromatic carbocycles. The minimum absolute atomic E-state index is 0.0491. The third kappa shape index (κ3) is 3.91. The SMILES string of the molecule is CCOc1ccc(N2C(=O)C[C@H]([NH+]3CCN(C(=O)c4cccnc4)CC3)C2=O)cc1. The second kappa shape index (κ2) is 8.62. The van der Waals surface area contributed by atoms with Crippen molar-refractivity contribution < 1.29 is 24.0 Å². The predicted molar refractivity (Wildman–Crippen MR) is 109 cm³/mol. The smallest absolute Gasteiger partial charge is 0.292 e. The second-order valence-corrected chi connectivity index (χ2v) is 7.44. The highest BCUT2D eigenvalue weighted by Crippen LogP contribution is 2.24. The Kier molecular flexibility index (Phi) is 5.76. The largest absolute Gasteiger partial charge is 0.494 e. The van der Waals surface area contributed by atoms with E-state index in [1.54, 1.807) is 53.7 Å². The second-order valence-electron chi connectivity index (χ2n) is 7.44. The zero-order valence-corrected chi connectivity index (χ0v) is 16.9. The Morgan fingerprint density at radius 2 is 1.90 bits per heavy atom. The van der Waals surface area contributed by atoms with E-state index in [1.165, 1.54) is 4.90 Å². The van der Waals surface area contributed by atoms with Crippen LogP contribution in [0.4, 0.5) is 5.69 Å². The van der Waals surface area contributed by atoms with Gasteiger partial charge in [-0.1, -0.05) is 0 Å². The number of carbonyl (C=O) groups is 3. The number of nitrogens with one attached hydrogen (secondary N) is 1. The first-order chi connectivity index (χ1) is 14.6. The highest BCUT2D eigenvalue weighted by Gasteiger charge is 2.46. The van der Waals surface area contributed by atoms with E-state index < -0.39 is 6.04 Å². The van der Waals surface area contributed by atoms with Crippen LogP contribution >= 0.6 is 0 Å². The van der Waals surface area contributed by atoms with Gasteiger partial charge in [0.1, 0.15) is 5.75 Å². The van der Waals surface area contributed by atoms with Crippen LogP contribution in [-0.4, -0.2) is 66.4 Å². The first kappa shape index (κ1) is 20.0. The van der Waals surface area contributed by atoms with Gasteiger partial charge < -0.3 is 14.5 Å². The van der Waals surface area contributed by atoms with Crippen molar-refractivity contribution in [1.82, 2.24) is 9.88 Å². The third-order valence-electron chi connectivity index (χ3n) is 5.65. The normalized spacial score (nSPS) is 20.0. The number of rotatable bonds is 5. The average Bonchev–Trinajstić information content (AvgIpc) is 3.09.